The lowest BCUT2D eigenvalue weighted by Crippen LogP contribution is -2.71. The Labute approximate surface area is 206 Å². The van der Waals surface area contributed by atoms with Gasteiger partial charge in [0.05, 0.1) is 16.8 Å². The molecule has 0 radical (unpaired) electrons. The van der Waals surface area contributed by atoms with Crippen molar-refractivity contribution in [3.8, 4) is 0 Å². The van der Waals surface area contributed by atoms with Gasteiger partial charge in [-0.1, -0.05) is 30.4 Å². The first kappa shape index (κ1) is 24.9. The Morgan fingerprint density at radius 2 is 2.03 bits per heavy atom. The summed E-state index contributed by atoms with van der Waals surface area (Å²) in [5.41, 5.74) is 5.34. The number of piperazine rings is 1. The lowest BCUT2D eigenvalue weighted by atomic mass is 9.87. The summed E-state index contributed by atoms with van der Waals surface area (Å²) in [5, 5.41) is 14.7. The van der Waals surface area contributed by atoms with Crippen LogP contribution in [0.15, 0.2) is 59.9 Å². The average molecular weight is 477 g/mol. The van der Waals surface area contributed by atoms with Crippen LogP contribution in [0.4, 0.5) is 5.69 Å². The van der Waals surface area contributed by atoms with Gasteiger partial charge in [0.15, 0.2) is 0 Å². The summed E-state index contributed by atoms with van der Waals surface area (Å²) in [5.74, 6) is 0.461. The molecule has 4 rings (SSSR count). The Bertz CT molecular complexity index is 1080. The van der Waals surface area contributed by atoms with Gasteiger partial charge in [0.1, 0.15) is 6.23 Å². The molecule has 34 heavy (non-hydrogen) atoms. The van der Waals surface area contributed by atoms with Gasteiger partial charge in [-0.3, -0.25) is 14.9 Å². The molecule has 0 bridgehead atoms. The number of benzene rings is 1. The van der Waals surface area contributed by atoms with Gasteiger partial charge in [-0.2, -0.15) is 0 Å². The fourth-order valence-electron chi connectivity index (χ4n) is 5.15. The Kier molecular flexibility index (Phi) is 7.49. The van der Waals surface area contributed by atoms with E-state index in [4.69, 9.17) is 0 Å². The van der Waals surface area contributed by atoms with Crippen molar-refractivity contribution in [2.45, 2.75) is 56.8 Å². The van der Waals surface area contributed by atoms with Crippen molar-refractivity contribution < 1.29 is 5.11 Å². The third-order valence-electron chi connectivity index (χ3n) is 7.32. The average Bonchev–Trinajstić information content (AvgIpc) is 3.26. The third-order valence-corrected chi connectivity index (χ3v) is 7.59. The van der Waals surface area contributed by atoms with Crippen LogP contribution in [0.3, 0.4) is 0 Å². The zero-order chi connectivity index (χ0) is 24.3. The Morgan fingerprint density at radius 3 is 2.71 bits per heavy atom. The van der Waals surface area contributed by atoms with Crippen molar-refractivity contribution in [1.82, 2.24) is 15.2 Å². The van der Waals surface area contributed by atoms with E-state index in [0.717, 1.165) is 36.8 Å². The molecule has 1 aromatic carbocycles. The van der Waals surface area contributed by atoms with Crippen LogP contribution in [0, 0.1) is 0 Å². The first-order chi connectivity index (χ1) is 16.3. The molecule has 2 heterocycles. The summed E-state index contributed by atoms with van der Waals surface area (Å²) < 4.78 is 0. The molecule has 4 atom stereocenters. The second-order valence-electron chi connectivity index (χ2n) is 10.2. The number of nitrogens with zero attached hydrogens (tertiary/aromatic N) is 3. The van der Waals surface area contributed by atoms with Crippen molar-refractivity contribution in [3.63, 3.8) is 0 Å². The largest absolute Gasteiger partial charge is 0.376 e. The molecule has 0 spiro atoms. The first-order valence-electron chi connectivity index (χ1n) is 12.0. The zero-order valence-corrected chi connectivity index (χ0v) is 21.7. The standard InChI is InChI=1S/C28H37N4OP/c1-27(2)26(33)32(28(3,19-31-27)10-7-13-34)12-6-9-20-14-23-15-22(21-8-5-11-30-18-21)16-24(23)17-25(20)29-4/h5-11,14,17-18,22,26,31,33H,4,12-13,15-16,19,34H2,1-3H3/b9-6+,10-7+. The van der Waals surface area contributed by atoms with Crippen LogP contribution in [0.5, 0.6) is 0 Å². The number of hydrogen-bond acceptors (Lipinski definition) is 5. The summed E-state index contributed by atoms with van der Waals surface area (Å²) in [4.78, 5) is 10.8. The molecule has 1 aromatic heterocycles. The van der Waals surface area contributed by atoms with E-state index in [0.29, 0.717) is 12.5 Å². The van der Waals surface area contributed by atoms with E-state index in [9.17, 15) is 5.11 Å². The number of aliphatic hydroxyl groups is 1. The van der Waals surface area contributed by atoms with Gasteiger partial charge >= 0.3 is 0 Å². The fraction of sp³-hybridized carbons (Fsp3) is 0.429. The number of fused-ring (bicyclic) bond motifs is 1. The van der Waals surface area contributed by atoms with E-state index in [1.165, 1.54) is 16.7 Å². The summed E-state index contributed by atoms with van der Waals surface area (Å²) in [6.07, 6.45) is 14.7. The van der Waals surface area contributed by atoms with E-state index < -0.39 is 6.23 Å². The predicted molar refractivity (Wildman–Crippen MR) is 146 cm³/mol. The molecular weight excluding hydrogens is 439 g/mol. The topological polar surface area (TPSA) is 60.8 Å². The monoisotopic (exact) mass is 476 g/mol. The zero-order valence-electron chi connectivity index (χ0n) is 20.5. The highest BCUT2D eigenvalue weighted by Crippen LogP contribution is 2.38. The molecule has 1 aliphatic carbocycles. The quantitative estimate of drug-likeness (QED) is 0.351. The predicted octanol–water partition coefficient (Wildman–Crippen LogP) is 4.50. The second-order valence-corrected chi connectivity index (χ2v) is 10.7. The molecule has 0 amide bonds. The SMILES string of the molecule is C=Nc1cc2c(cc1/C=C/CN1C(O)C(C)(C)NCC1(C)/C=C/CP)CC(c1cccnc1)C2. The third kappa shape index (κ3) is 5.08. The smallest absolute Gasteiger partial charge is 0.126 e. The first-order valence-corrected chi connectivity index (χ1v) is 12.9. The summed E-state index contributed by atoms with van der Waals surface area (Å²) in [6, 6.07) is 8.63. The molecule has 1 fully saturated rings. The number of aliphatic hydroxyl groups excluding tert-OH is 1. The Balaban J connectivity index is 1.55. The van der Waals surface area contributed by atoms with E-state index in [1.807, 2.05) is 32.3 Å². The van der Waals surface area contributed by atoms with Gasteiger partial charge in [0.2, 0.25) is 0 Å². The maximum Gasteiger partial charge on any atom is 0.126 e. The highest BCUT2D eigenvalue weighted by Gasteiger charge is 2.45. The molecule has 1 saturated heterocycles. The highest BCUT2D eigenvalue weighted by molar-refractivity contribution is 7.16. The molecule has 5 nitrogen and oxygen atoms in total. The van der Waals surface area contributed by atoms with E-state index in [1.54, 1.807) is 0 Å². The number of allylic oxidation sites excluding steroid dienone is 1. The molecule has 1 aliphatic heterocycles. The number of hydrogen-bond donors (Lipinski definition) is 2. The van der Waals surface area contributed by atoms with Crippen molar-refractivity contribution >= 4 is 27.7 Å². The summed E-state index contributed by atoms with van der Waals surface area (Å²) in [7, 11) is 2.73. The van der Waals surface area contributed by atoms with Gasteiger partial charge in [0, 0.05) is 31.0 Å². The van der Waals surface area contributed by atoms with Crippen LogP contribution < -0.4 is 5.32 Å². The van der Waals surface area contributed by atoms with Gasteiger partial charge in [0.25, 0.3) is 0 Å². The van der Waals surface area contributed by atoms with Gasteiger partial charge in [-0.05, 0) is 87.3 Å². The van der Waals surface area contributed by atoms with Crippen LogP contribution in [0.2, 0.25) is 0 Å². The second kappa shape index (κ2) is 10.2. The van der Waals surface area contributed by atoms with Crippen LogP contribution in [0.1, 0.15) is 48.9 Å². The van der Waals surface area contributed by atoms with Gasteiger partial charge in [-0.25, -0.2) is 0 Å². The molecule has 180 valence electrons. The van der Waals surface area contributed by atoms with Crippen LogP contribution in [-0.4, -0.2) is 58.3 Å². The molecule has 2 N–H and O–H groups in total. The molecular formula is C28H37N4OP. The fourth-order valence-corrected chi connectivity index (χ4v) is 5.28. The lowest BCUT2D eigenvalue weighted by molar-refractivity contribution is -0.115. The summed E-state index contributed by atoms with van der Waals surface area (Å²) >= 11 is 0. The summed E-state index contributed by atoms with van der Waals surface area (Å²) in [6.45, 7) is 11.5. The van der Waals surface area contributed by atoms with Gasteiger partial charge in [-0.15, -0.1) is 9.24 Å². The molecule has 0 saturated carbocycles. The normalized spacial score (nSPS) is 26.9. The van der Waals surface area contributed by atoms with Gasteiger partial charge < -0.3 is 10.4 Å². The van der Waals surface area contributed by atoms with Crippen molar-refractivity contribution in [2.24, 2.45) is 4.99 Å². The number of aromatic nitrogens is 1. The number of rotatable bonds is 7. The Hall–Kier alpha value is -2.17. The van der Waals surface area contributed by atoms with Crippen molar-refractivity contribution in [3.05, 3.63) is 77.1 Å². The number of aliphatic imine (C=N–C) groups is 1. The molecule has 2 aromatic rings. The maximum absolute atomic E-state index is 11.2. The van der Waals surface area contributed by atoms with E-state index in [-0.39, 0.29) is 11.1 Å². The van der Waals surface area contributed by atoms with Crippen LogP contribution in [0.25, 0.3) is 6.08 Å². The minimum Gasteiger partial charge on any atom is -0.376 e. The minimum atomic E-state index is -0.609. The van der Waals surface area contributed by atoms with Crippen molar-refractivity contribution in [2.75, 3.05) is 19.3 Å². The highest BCUT2D eigenvalue weighted by atomic mass is 31.0. The van der Waals surface area contributed by atoms with E-state index >= 15 is 0 Å². The molecule has 2 aliphatic rings. The molecule has 6 heteroatoms. The lowest BCUT2D eigenvalue weighted by Gasteiger charge is -2.53. The van der Waals surface area contributed by atoms with Crippen LogP contribution >= 0.6 is 9.24 Å². The number of nitrogens with one attached hydrogen (secondary N) is 1. The molecule has 4 unspecified atom stereocenters. The number of pyridine rings is 1. The Morgan fingerprint density at radius 1 is 1.26 bits per heavy atom. The minimum absolute atomic E-state index is 0.274. The maximum atomic E-state index is 11.2. The van der Waals surface area contributed by atoms with Crippen molar-refractivity contribution in [1.29, 1.82) is 0 Å². The van der Waals surface area contributed by atoms with Crippen LogP contribution in [-0.2, 0) is 12.8 Å². The van der Waals surface area contributed by atoms with E-state index in [2.05, 4.69) is 85.6 Å².